The Balaban J connectivity index is 0.000000735. The molecule has 0 heterocycles. The normalized spacial score (nSPS) is 11.9. The SMILES string of the molecule is CCCCC/C=C\C/C=C\C/C=C\C/C=C\CCCNC(=O)NCc1ccc(O)c(OC)c1.CCCCC/C=C\C/C=C\C/C=C\C/C=C\CCCNC(=S)NCc1ccc(O)c(Cl)c1.CCCCC/C=C\C/C=C\C/C=C\C/C=C\CCCNC(=S)NCc1ccc(O)c(OC)c1. The molecule has 0 saturated carbocycles. The summed E-state index contributed by atoms with van der Waals surface area (Å²) in [6.45, 7) is 10.5. The van der Waals surface area contributed by atoms with Crippen LogP contribution in [-0.2, 0) is 19.6 Å². The van der Waals surface area contributed by atoms with Crippen molar-refractivity contribution in [3.8, 4) is 28.7 Å². The van der Waals surface area contributed by atoms with Crippen LogP contribution >= 0.6 is 36.0 Å². The van der Waals surface area contributed by atoms with Crippen LogP contribution in [0.5, 0.6) is 28.7 Å². The minimum Gasteiger partial charge on any atom is -0.506 e. The maximum absolute atomic E-state index is 11.9. The molecule has 0 atom stereocenters. The van der Waals surface area contributed by atoms with Crippen LogP contribution in [0, 0.1) is 0 Å². The van der Waals surface area contributed by atoms with E-state index in [0.717, 1.165) is 126 Å². The van der Waals surface area contributed by atoms with Crippen LogP contribution in [0.1, 0.15) is 211 Å². The first-order chi connectivity index (χ1) is 48.0. The molecule has 540 valence electrons. The number of unbranched alkanes of at least 4 members (excludes halogenated alkanes) is 12. The van der Waals surface area contributed by atoms with Crippen molar-refractivity contribution in [3.63, 3.8) is 0 Å². The summed E-state index contributed by atoms with van der Waals surface area (Å²) in [5.74, 6) is 1.18. The number of hydrogen-bond acceptors (Lipinski definition) is 8. The molecular weight excluding hydrogens is 1280 g/mol. The molecule has 0 aliphatic heterocycles. The summed E-state index contributed by atoms with van der Waals surface area (Å²) in [5, 5.41) is 48.7. The van der Waals surface area contributed by atoms with Gasteiger partial charge in [0.1, 0.15) is 5.75 Å². The summed E-state index contributed by atoms with van der Waals surface area (Å²) in [6, 6.07) is 15.2. The quantitative estimate of drug-likeness (QED) is 0.0149. The van der Waals surface area contributed by atoms with Gasteiger partial charge in [-0.05, 0) is 212 Å². The van der Waals surface area contributed by atoms with E-state index >= 15 is 0 Å². The Hall–Kier alpha value is -7.52. The topological polar surface area (TPSA) is 168 Å². The highest BCUT2D eigenvalue weighted by atomic mass is 35.5. The number of methoxy groups -OCH3 is 2. The Morgan fingerprint density at radius 1 is 0.357 bits per heavy atom. The largest absolute Gasteiger partial charge is 0.506 e. The molecule has 9 N–H and O–H groups in total. The van der Waals surface area contributed by atoms with Gasteiger partial charge in [0, 0.05) is 39.3 Å². The molecule has 0 unspecified atom stereocenters. The number of benzene rings is 3. The highest BCUT2D eigenvalue weighted by Gasteiger charge is 2.06. The highest BCUT2D eigenvalue weighted by Crippen LogP contribution is 2.27. The lowest BCUT2D eigenvalue weighted by atomic mass is 10.2. The van der Waals surface area contributed by atoms with Crippen molar-refractivity contribution >= 4 is 52.3 Å². The van der Waals surface area contributed by atoms with Gasteiger partial charge >= 0.3 is 6.03 Å². The molecule has 3 rings (SSSR count). The standard InChI is InChI=1S/C28H42N2O3.C28H42N2O2S.C27H39ClN2OS/c1-3-4-5-6-7-8-9-10-11-12-13-14-15-16-17-18-19-22-29-28(32)30-24-25-20-21-26(31)27(23-25)33-2;1-3-4-5-6-7-8-9-10-11-12-13-14-15-16-17-18-19-22-29-28(33)30-24-25-20-21-26(31)27(23-25)32-2;1-2-3-4-5-6-7-8-9-10-11-12-13-14-15-16-17-18-21-29-27(32)30-23-24-19-20-26(31)25(28)22-24/h7-8,10-11,13-14,16-17,20-21,23,31H,3-6,9,12,15,18-19,22,24H2,1-2H3,(H2,29,30,32);7-8,10-11,13-14,16-17,20-21,23,31H,3-6,9,12,15,18-19,22,24H2,1-2H3,(H2,29,30,33);6-7,9-10,12-13,15-16,19-20,22,31H,2-5,8,11,14,17-18,21,23H2,1H3,(H2,29,30,32)/b2*8-7-,11-10-,14-13-,17-16-;7-6-,10-9-,13-12-,16-15-. The number of hydrogen-bond donors (Lipinski definition) is 9. The lowest BCUT2D eigenvalue weighted by molar-refractivity contribution is 0.240. The van der Waals surface area contributed by atoms with E-state index in [0.29, 0.717) is 52.9 Å². The van der Waals surface area contributed by atoms with Gasteiger partial charge < -0.3 is 56.7 Å². The van der Waals surface area contributed by atoms with Gasteiger partial charge in [0.15, 0.2) is 33.2 Å². The van der Waals surface area contributed by atoms with Crippen molar-refractivity contribution in [1.29, 1.82) is 0 Å². The first-order valence-electron chi connectivity index (χ1n) is 36.0. The summed E-state index contributed by atoms with van der Waals surface area (Å²) in [7, 11) is 3.04. The summed E-state index contributed by atoms with van der Waals surface area (Å²) >= 11 is 16.5. The fourth-order valence-electron chi connectivity index (χ4n) is 9.01. The number of carbonyl (C=O) groups excluding carboxylic acids is 1. The number of thiocarbonyl (C=S) groups is 2. The average molecular weight is 1400 g/mol. The Bertz CT molecular complexity index is 2780. The number of amides is 2. The maximum atomic E-state index is 11.9. The van der Waals surface area contributed by atoms with Crippen molar-refractivity contribution in [2.45, 2.75) is 214 Å². The number of aromatic hydroxyl groups is 3. The Morgan fingerprint density at radius 2 is 0.622 bits per heavy atom. The van der Waals surface area contributed by atoms with Gasteiger partial charge in [-0.25, -0.2) is 4.79 Å². The molecule has 0 aliphatic carbocycles. The lowest BCUT2D eigenvalue weighted by Gasteiger charge is -2.11. The van der Waals surface area contributed by atoms with Gasteiger partial charge in [0.25, 0.3) is 0 Å². The minimum absolute atomic E-state index is 0.0857. The Morgan fingerprint density at radius 3 is 0.918 bits per heavy atom. The average Bonchev–Trinajstić information content (AvgIpc) is 0.946. The second-order valence-corrected chi connectivity index (χ2v) is 24.5. The van der Waals surface area contributed by atoms with Crippen molar-refractivity contribution in [3.05, 3.63) is 222 Å². The Labute approximate surface area is 608 Å². The predicted molar refractivity (Wildman–Crippen MR) is 429 cm³/mol. The number of nitrogens with one attached hydrogen (secondary N) is 6. The molecule has 12 nitrogen and oxygen atoms in total. The molecule has 0 saturated heterocycles. The highest BCUT2D eigenvalue weighted by molar-refractivity contribution is 7.80. The summed E-state index contributed by atoms with van der Waals surface area (Å²) in [5.41, 5.74) is 2.83. The lowest BCUT2D eigenvalue weighted by Crippen LogP contribution is -2.35. The van der Waals surface area contributed by atoms with Crippen LogP contribution in [0.3, 0.4) is 0 Å². The van der Waals surface area contributed by atoms with Crippen molar-refractivity contribution in [2.75, 3.05) is 33.9 Å². The van der Waals surface area contributed by atoms with Gasteiger partial charge in [-0.2, -0.15) is 0 Å². The molecule has 0 radical (unpaired) electrons. The summed E-state index contributed by atoms with van der Waals surface area (Å²) in [6.07, 6.45) is 83.9. The number of ether oxygens (including phenoxy) is 2. The number of phenols is 3. The Kier molecular flexibility index (Phi) is 60.2. The van der Waals surface area contributed by atoms with Crippen molar-refractivity contribution in [1.82, 2.24) is 31.9 Å². The zero-order valence-electron chi connectivity index (χ0n) is 60.1. The number of rotatable bonds is 50. The van der Waals surface area contributed by atoms with Gasteiger partial charge in [-0.1, -0.05) is 235 Å². The smallest absolute Gasteiger partial charge is 0.315 e. The van der Waals surface area contributed by atoms with E-state index in [1.54, 1.807) is 42.5 Å². The second kappa shape index (κ2) is 66.7. The second-order valence-electron chi connectivity index (χ2n) is 23.3. The van der Waals surface area contributed by atoms with E-state index in [-0.39, 0.29) is 23.3 Å². The van der Waals surface area contributed by atoms with E-state index in [2.05, 4.69) is 198 Å². The monoisotopic (exact) mass is 1400 g/mol. The van der Waals surface area contributed by atoms with Crippen LogP contribution in [-0.4, -0.2) is 65.4 Å². The number of halogens is 1. The summed E-state index contributed by atoms with van der Waals surface area (Å²) in [4.78, 5) is 11.9. The van der Waals surface area contributed by atoms with Gasteiger partial charge in [-0.3, -0.25) is 0 Å². The molecule has 3 aromatic rings. The maximum Gasteiger partial charge on any atom is 0.315 e. The molecular formula is C83H123ClN6O6S2. The van der Waals surface area contributed by atoms with E-state index in [4.69, 9.17) is 45.5 Å². The molecule has 0 aromatic heterocycles. The van der Waals surface area contributed by atoms with Gasteiger partial charge in [0.2, 0.25) is 0 Å². The molecule has 3 aromatic carbocycles. The molecule has 98 heavy (non-hydrogen) atoms. The van der Waals surface area contributed by atoms with Crippen LogP contribution in [0.15, 0.2) is 200 Å². The van der Waals surface area contributed by atoms with Gasteiger partial charge in [0.05, 0.1) is 19.2 Å². The zero-order valence-corrected chi connectivity index (χ0v) is 62.5. The first kappa shape index (κ1) is 88.5. The molecule has 15 heteroatoms. The summed E-state index contributed by atoms with van der Waals surface area (Å²) < 4.78 is 10.2. The van der Waals surface area contributed by atoms with Crippen LogP contribution < -0.4 is 41.4 Å². The van der Waals surface area contributed by atoms with Crippen LogP contribution in [0.2, 0.25) is 5.02 Å². The minimum atomic E-state index is -0.200. The fourth-order valence-corrected chi connectivity index (χ4v) is 9.56. The number of phenolic OH excluding ortho intramolecular Hbond substituents is 3. The zero-order chi connectivity index (χ0) is 71.3. The van der Waals surface area contributed by atoms with Gasteiger partial charge in [-0.15, -0.1) is 0 Å². The van der Waals surface area contributed by atoms with E-state index in [9.17, 15) is 20.1 Å². The first-order valence-corrected chi connectivity index (χ1v) is 37.2. The third-order valence-corrected chi connectivity index (χ3v) is 15.6. The van der Waals surface area contributed by atoms with E-state index < -0.39 is 0 Å². The number of carbonyl (C=O) groups is 1. The van der Waals surface area contributed by atoms with Crippen molar-refractivity contribution < 1.29 is 29.6 Å². The van der Waals surface area contributed by atoms with Crippen LogP contribution in [0.4, 0.5) is 4.79 Å². The third kappa shape index (κ3) is 55.5. The molecule has 0 fully saturated rings. The predicted octanol–water partition coefficient (Wildman–Crippen LogP) is 21.8. The number of urea groups is 1. The van der Waals surface area contributed by atoms with E-state index in [1.165, 1.54) is 91.3 Å². The number of allylic oxidation sites excluding steroid dienone is 24. The van der Waals surface area contributed by atoms with Crippen molar-refractivity contribution in [2.24, 2.45) is 0 Å². The fraction of sp³-hybridized carbons (Fsp3) is 0.458. The molecule has 0 aliphatic rings. The molecule has 0 spiro atoms. The van der Waals surface area contributed by atoms with E-state index in [1.807, 2.05) is 12.1 Å². The molecule has 2 amide bonds. The van der Waals surface area contributed by atoms with Crippen LogP contribution in [0.25, 0.3) is 0 Å². The third-order valence-electron chi connectivity index (χ3n) is 14.7. The molecule has 0 bridgehead atoms.